The SMILES string of the molecule is CN(C)c1ccc2nc(CO)cn2n1. The van der Waals surface area contributed by atoms with Gasteiger partial charge in [0.15, 0.2) is 5.65 Å². The van der Waals surface area contributed by atoms with Crippen LogP contribution < -0.4 is 4.90 Å². The fraction of sp³-hybridized carbons (Fsp3) is 0.333. The van der Waals surface area contributed by atoms with E-state index in [1.54, 1.807) is 10.7 Å². The third kappa shape index (κ3) is 1.42. The molecule has 2 aromatic heterocycles. The molecular formula is C9H12N4O. The number of aromatic nitrogens is 3. The lowest BCUT2D eigenvalue weighted by Gasteiger charge is -2.09. The van der Waals surface area contributed by atoms with Crippen LogP contribution >= 0.6 is 0 Å². The van der Waals surface area contributed by atoms with Crippen molar-refractivity contribution in [1.82, 2.24) is 14.6 Å². The Balaban J connectivity index is 2.54. The zero-order chi connectivity index (χ0) is 10.1. The Labute approximate surface area is 81.6 Å². The van der Waals surface area contributed by atoms with Gasteiger partial charge in [0.1, 0.15) is 5.82 Å². The molecule has 0 unspecified atom stereocenters. The van der Waals surface area contributed by atoms with Crippen LogP contribution in [0.25, 0.3) is 5.65 Å². The monoisotopic (exact) mass is 192 g/mol. The van der Waals surface area contributed by atoms with E-state index in [1.807, 2.05) is 31.1 Å². The van der Waals surface area contributed by atoms with Crippen LogP contribution in [0.4, 0.5) is 5.82 Å². The van der Waals surface area contributed by atoms with E-state index in [2.05, 4.69) is 10.1 Å². The maximum atomic E-state index is 8.90. The van der Waals surface area contributed by atoms with E-state index in [4.69, 9.17) is 5.11 Å². The molecule has 0 fully saturated rings. The van der Waals surface area contributed by atoms with E-state index < -0.39 is 0 Å². The van der Waals surface area contributed by atoms with Crippen molar-refractivity contribution in [2.24, 2.45) is 0 Å². The zero-order valence-corrected chi connectivity index (χ0v) is 8.18. The van der Waals surface area contributed by atoms with Gasteiger partial charge in [-0.25, -0.2) is 9.50 Å². The van der Waals surface area contributed by atoms with E-state index >= 15 is 0 Å². The first-order chi connectivity index (χ1) is 6.70. The molecule has 5 heteroatoms. The molecule has 0 spiro atoms. The summed E-state index contributed by atoms with van der Waals surface area (Å²) in [5.41, 5.74) is 1.38. The summed E-state index contributed by atoms with van der Waals surface area (Å²) < 4.78 is 1.67. The van der Waals surface area contributed by atoms with E-state index in [9.17, 15) is 0 Å². The number of nitrogens with zero attached hydrogens (tertiary/aromatic N) is 4. The number of anilines is 1. The van der Waals surface area contributed by atoms with Crippen LogP contribution in [0.15, 0.2) is 18.3 Å². The Morgan fingerprint density at radius 3 is 2.86 bits per heavy atom. The first-order valence-electron chi connectivity index (χ1n) is 4.34. The van der Waals surface area contributed by atoms with Gasteiger partial charge in [0.2, 0.25) is 0 Å². The maximum absolute atomic E-state index is 8.90. The maximum Gasteiger partial charge on any atom is 0.154 e. The van der Waals surface area contributed by atoms with Gasteiger partial charge in [0.05, 0.1) is 18.5 Å². The quantitative estimate of drug-likeness (QED) is 0.743. The second-order valence-corrected chi connectivity index (χ2v) is 3.28. The summed E-state index contributed by atoms with van der Waals surface area (Å²) in [4.78, 5) is 6.08. The van der Waals surface area contributed by atoms with E-state index in [1.165, 1.54) is 0 Å². The molecule has 2 heterocycles. The minimum atomic E-state index is -0.0549. The predicted molar refractivity (Wildman–Crippen MR) is 53.2 cm³/mol. The van der Waals surface area contributed by atoms with Crippen molar-refractivity contribution < 1.29 is 5.11 Å². The first-order valence-corrected chi connectivity index (χ1v) is 4.34. The average Bonchev–Trinajstić information content (AvgIpc) is 2.58. The summed E-state index contributed by atoms with van der Waals surface area (Å²) in [7, 11) is 3.86. The molecule has 0 aliphatic heterocycles. The summed E-state index contributed by atoms with van der Waals surface area (Å²) in [6, 6.07) is 3.77. The molecule has 0 atom stereocenters. The molecule has 0 aromatic carbocycles. The highest BCUT2D eigenvalue weighted by atomic mass is 16.3. The number of aliphatic hydroxyl groups is 1. The molecule has 14 heavy (non-hydrogen) atoms. The van der Waals surface area contributed by atoms with Gasteiger partial charge in [-0.05, 0) is 12.1 Å². The van der Waals surface area contributed by atoms with Crippen LogP contribution in [0.5, 0.6) is 0 Å². The second-order valence-electron chi connectivity index (χ2n) is 3.28. The fourth-order valence-electron chi connectivity index (χ4n) is 1.24. The summed E-state index contributed by atoms with van der Waals surface area (Å²) in [6.07, 6.45) is 1.72. The fourth-order valence-corrected chi connectivity index (χ4v) is 1.24. The molecule has 0 amide bonds. The number of hydrogen-bond donors (Lipinski definition) is 1. The Morgan fingerprint density at radius 1 is 1.43 bits per heavy atom. The Hall–Kier alpha value is -1.62. The summed E-state index contributed by atoms with van der Waals surface area (Å²) in [5.74, 6) is 0.861. The molecular weight excluding hydrogens is 180 g/mol. The van der Waals surface area contributed by atoms with E-state index in [-0.39, 0.29) is 6.61 Å². The molecule has 5 nitrogen and oxygen atoms in total. The highest BCUT2D eigenvalue weighted by molar-refractivity contribution is 5.45. The molecule has 0 bridgehead atoms. The van der Waals surface area contributed by atoms with Crippen LogP contribution in [-0.2, 0) is 6.61 Å². The Morgan fingerprint density at radius 2 is 2.21 bits per heavy atom. The molecule has 0 saturated heterocycles. The first kappa shape index (κ1) is 8.96. The lowest BCUT2D eigenvalue weighted by atomic mass is 10.5. The van der Waals surface area contributed by atoms with Crippen molar-refractivity contribution in [2.75, 3.05) is 19.0 Å². The minimum absolute atomic E-state index is 0.0549. The van der Waals surface area contributed by atoms with Gasteiger partial charge in [-0.2, -0.15) is 0 Å². The van der Waals surface area contributed by atoms with Crippen molar-refractivity contribution in [1.29, 1.82) is 0 Å². The predicted octanol–water partition coefficient (Wildman–Crippen LogP) is 0.288. The van der Waals surface area contributed by atoms with E-state index in [0.717, 1.165) is 11.5 Å². The minimum Gasteiger partial charge on any atom is -0.390 e. The molecule has 1 N–H and O–H groups in total. The summed E-state index contributed by atoms with van der Waals surface area (Å²) in [6.45, 7) is -0.0549. The normalized spacial score (nSPS) is 10.8. The van der Waals surface area contributed by atoms with E-state index in [0.29, 0.717) is 5.69 Å². The van der Waals surface area contributed by atoms with Crippen molar-refractivity contribution in [3.63, 3.8) is 0 Å². The number of fused-ring (bicyclic) bond motifs is 1. The van der Waals surface area contributed by atoms with Crippen LogP contribution in [0.3, 0.4) is 0 Å². The molecule has 2 aromatic rings. The third-order valence-electron chi connectivity index (χ3n) is 1.98. The van der Waals surface area contributed by atoms with Crippen molar-refractivity contribution >= 4 is 11.5 Å². The van der Waals surface area contributed by atoms with Crippen LogP contribution in [0, 0.1) is 0 Å². The van der Waals surface area contributed by atoms with Gasteiger partial charge in [-0.3, -0.25) is 0 Å². The largest absolute Gasteiger partial charge is 0.390 e. The highest BCUT2D eigenvalue weighted by Crippen LogP contribution is 2.09. The second kappa shape index (κ2) is 3.26. The van der Waals surface area contributed by atoms with Gasteiger partial charge in [-0.1, -0.05) is 0 Å². The number of rotatable bonds is 2. The summed E-state index contributed by atoms with van der Waals surface area (Å²) in [5, 5.41) is 13.2. The number of hydrogen-bond acceptors (Lipinski definition) is 4. The van der Waals surface area contributed by atoms with Gasteiger partial charge >= 0.3 is 0 Å². The van der Waals surface area contributed by atoms with Gasteiger partial charge in [0, 0.05) is 14.1 Å². The molecule has 2 rings (SSSR count). The highest BCUT2D eigenvalue weighted by Gasteiger charge is 2.03. The van der Waals surface area contributed by atoms with Crippen molar-refractivity contribution in [3.05, 3.63) is 24.0 Å². The number of aliphatic hydroxyl groups excluding tert-OH is 1. The smallest absolute Gasteiger partial charge is 0.154 e. The molecule has 0 saturated carbocycles. The van der Waals surface area contributed by atoms with Gasteiger partial charge in [0.25, 0.3) is 0 Å². The van der Waals surface area contributed by atoms with Gasteiger partial charge < -0.3 is 10.0 Å². The Bertz CT molecular complexity index is 449. The zero-order valence-electron chi connectivity index (χ0n) is 8.18. The lowest BCUT2D eigenvalue weighted by Crippen LogP contribution is -2.11. The molecule has 74 valence electrons. The van der Waals surface area contributed by atoms with Crippen LogP contribution in [0.2, 0.25) is 0 Å². The van der Waals surface area contributed by atoms with Crippen LogP contribution in [-0.4, -0.2) is 33.8 Å². The average molecular weight is 192 g/mol. The lowest BCUT2D eigenvalue weighted by molar-refractivity contribution is 0.277. The molecule has 0 aliphatic carbocycles. The topological polar surface area (TPSA) is 53.7 Å². The molecule has 0 radical (unpaired) electrons. The molecule has 0 aliphatic rings. The summed E-state index contributed by atoms with van der Waals surface area (Å²) >= 11 is 0. The van der Waals surface area contributed by atoms with Gasteiger partial charge in [-0.15, -0.1) is 5.10 Å². The third-order valence-corrected chi connectivity index (χ3v) is 1.98. The van der Waals surface area contributed by atoms with Crippen molar-refractivity contribution in [3.8, 4) is 0 Å². The van der Waals surface area contributed by atoms with Crippen molar-refractivity contribution in [2.45, 2.75) is 6.61 Å². The van der Waals surface area contributed by atoms with Crippen LogP contribution in [0.1, 0.15) is 5.69 Å². The number of imidazole rings is 1. The standard InChI is InChI=1S/C9H12N4O/c1-12(2)9-4-3-8-10-7(6-14)5-13(8)11-9/h3-5,14H,6H2,1-2H3. The Kier molecular flexibility index (Phi) is 2.09.